The van der Waals surface area contributed by atoms with E-state index in [0.29, 0.717) is 5.56 Å². The van der Waals surface area contributed by atoms with Gasteiger partial charge in [-0.2, -0.15) is 0 Å². The van der Waals surface area contributed by atoms with Crippen LogP contribution in [0.25, 0.3) is 6.08 Å². The minimum absolute atomic E-state index is 0.0687. The zero-order valence-electron chi connectivity index (χ0n) is 13.3. The first-order valence-electron chi connectivity index (χ1n) is 7.83. The van der Waals surface area contributed by atoms with E-state index in [9.17, 15) is 9.18 Å². The molecule has 0 aliphatic carbocycles. The third-order valence-electron chi connectivity index (χ3n) is 3.34. The van der Waals surface area contributed by atoms with Gasteiger partial charge in [0, 0.05) is 0 Å². The number of hydrogen-bond donors (Lipinski definition) is 0. The molecule has 2 aromatic carbocycles. The number of hydrogen-bond acceptors (Lipinski definition) is 2. The van der Waals surface area contributed by atoms with Crippen molar-refractivity contribution >= 4 is 12.0 Å². The molecule has 0 N–H and O–H groups in total. The molecular weight excluding hydrogens is 291 g/mol. The Morgan fingerprint density at radius 3 is 2.65 bits per heavy atom. The summed E-state index contributed by atoms with van der Waals surface area (Å²) in [5.74, 6) is -0.697. The van der Waals surface area contributed by atoms with Gasteiger partial charge in [-0.3, -0.25) is 4.79 Å². The van der Waals surface area contributed by atoms with E-state index in [1.807, 2.05) is 48.6 Å². The van der Waals surface area contributed by atoms with Gasteiger partial charge in [0.05, 0.1) is 6.42 Å². The third-order valence-corrected chi connectivity index (χ3v) is 3.34. The highest BCUT2D eigenvalue weighted by Gasteiger charge is 2.07. The third kappa shape index (κ3) is 6.07. The summed E-state index contributed by atoms with van der Waals surface area (Å²) in [7, 11) is 0. The van der Waals surface area contributed by atoms with Crippen molar-refractivity contribution < 1.29 is 13.9 Å². The summed E-state index contributed by atoms with van der Waals surface area (Å²) in [5.41, 5.74) is 2.33. The average Bonchev–Trinajstić information content (AvgIpc) is 2.54. The topological polar surface area (TPSA) is 26.3 Å². The van der Waals surface area contributed by atoms with E-state index in [1.54, 1.807) is 0 Å². The van der Waals surface area contributed by atoms with E-state index in [0.717, 1.165) is 24.0 Å². The monoisotopic (exact) mass is 312 g/mol. The molecule has 23 heavy (non-hydrogen) atoms. The molecule has 0 atom stereocenters. The fourth-order valence-corrected chi connectivity index (χ4v) is 2.22. The SMILES string of the molecule is CCCC=Cc1cc(F)cc(CC(=O)OCc2ccccc2)c1. The Labute approximate surface area is 136 Å². The Morgan fingerprint density at radius 2 is 1.91 bits per heavy atom. The molecular formula is C20H21FO2. The fraction of sp³-hybridized carbons (Fsp3) is 0.250. The van der Waals surface area contributed by atoms with Crippen LogP contribution in [0.3, 0.4) is 0 Å². The summed E-state index contributed by atoms with van der Waals surface area (Å²) in [6.07, 6.45) is 5.95. The molecule has 2 nitrogen and oxygen atoms in total. The first-order valence-corrected chi connectivity index (χ1v) is 7.83. The molecule has 0 amide bonds. The Kier molecular flexibility index (Phi) is 6.55. The van der Waals surface area contributed by atoms with Gasteiger partial charge in [0.15, 0.2) is 0 Å². The summed E-state index contributed by atoms with van der Waals surface area (Å²) in [5, 5.41) is 0. The first kappa shape index (κ1) is 16.9. The number of unbranched alkanes of at least 4 members (excludes halogenated alkanes) is 1. The highest BCUT2D eigenvalue weighted by molar-refractivity contribution is 5.73. The van der Waals surface area contributed by atoms with Crippen molar-refractivity contribution in [1.82, 2.24) is 0 Å². The maximum atomic E-state index is 13.7. The van der Waals surface area contributed by atoms with Crippen LogP contribution in [-0.4, -0.2) is 5.97 Å². The summed E-state index contributed by atoms with van der Waals surface area (Å²) in [4.78, 5) is 11.9. The smallest absolute Gasteiger partial charge is 0.310 e. The van der Waals surface area contributed by atoms with Crippen LogP contribution in [0, 0.1) is 5.82 Å². The molecule has 0 spiro atoms. The molecule has 0 radical (unpaired) electrons. The highest BCUT2D eigenvalue weighted by atomic mass is 19.1. The lowest BCUT2D eigenvalue weighted by Gasteiger charge is -2.06. The number of rotatable bonds is 7. The molecule has 0 fully saturated rings. The fourth-order valence-electron chi connectivity index (χ4n) is 2.22. The van der Waals surface area contributed by atoms with E-state index in [1.165, 1.54) is 12.1 Å². The molecule has 120 valence electrons. The largest absolute Gasteiger partial charge is 0.461 e. The van der Waals surface area contributed by atoms with Crippen molar-refractivity contribution in [2.75, 3.05) is 0 Å². The molecule has 0 aromatic heterocycles. The molecule has 2 rings (SSSR count). The van der Waals surface area contributed by atoms with Crippen LogP contribution in [0.2, 0.25) is 0 Å². The summed E-state index contributed by atoms with van der Waals surface area (Å²) in [6.45, 7) is 2.32. The van der Waals surface area contributed by atoms with Gasteiger partial charge in [0.1, 0.15) is 12.4 Å². The van der Waals surface area contributed by atoms with E-state index in [2.05, 4.69) is 6.92 Å². The molecule has 0 unspecified atom stereocenters. The van der Waals surface area contributed by atoms with Gasteiger partial charge in [-0.25, -0.2) is 4.39 Å². The van der Waals surface area contributed by atoms with Gasteiger partial charge in [-0.1, -0.05) is 61.9 Å². The molecule has 3 heteroatoms. The van der Waals surface area contributed by atoms with Crippen LogP contribution >= 0.6 is 0 Å². The van der Waals surface area contributed by atoms with Crippen LogP contribution in [0.4, 0.5) is 4.39 Å². The molecule has 2 aromatic rings. The number of ether oxygens (including phenoxy) is 1. The lowest BCUT2D eigenvalue weighted by Crippen LogP contribution is -2.08. The number of benzene rings is 2. The van der Waals surface area contributed by atoms with Crippen molar-refractivity contribution in [1.29, 1.82) is 0 Å². The second-order valence-corrected chi connectivity index (χ2v) is 5.41. The predicted octanol–water partition coefficient (Wildman–Crippen LogP) is 4.92. The standard InChI is InChI=1S/C20H21FO2/c1-2-3-5-10-17-11-18(13-19(21)12-17)14-20(22)23-15-16-8-6-4-7-9-16/h4-13H,2-3,14-15H2,1H3. The Bertz CT molecular complexity index is 663. The van der Waals surface area contributed by atoms with Crippen molar-refractivity contribution in [3.8, 4) is 0 Å². The van der Waals surface area contributed by atoms with Gasteiger partial charge in [0.25, 0.3) is 0 Å². The average molecular weight is 312 g/mol. The minimum Gasteiger partial charge on any atom is -0.461 e. The maximum absolute atomic E-state index is 13.7. The quantitative estimate of drug-likeness (QED) is 0.678. The number of carbonyl (C=O) groups excluding carboxylic acids is 1. The summed E-state index contributed by atoms with van der Waals surface area (Å²) >= 11 is 0. The van der Waals surface area contributed by atoms with E-state index < -0.39 is 0 Å². The maximum Gasteiger partial charge on any atom is 0.310 e. The van der Waals surface area contributed by atoms with Crippen LogP contribution in [-0.2, 0) is 22.6 Å². The molecule has 0 heterocycles. The first-order chi connectivity index (χ1) is 11.2. The van der Waals surface area contributed by atoms with Crippen LogP contribution in [0.15, 0.2) is 54.6 Å². The number of carbonyl (C=O) groups is 1. The summed E-state index contributed by atoms with van der Waals surface area (Å²) < 4.78 is 18.9. The highest BCUT2D eigenvalue weighted by Crippen LogP contribution is 2.13. The molecule has 0 saturated heterocycles. The lowest BCUT2D eigenvalue weighted by atomic mass is 10.1. The van der Waals surface area contributed by atoms with Crippen molar-refractivity contribution in [2.45, 2.75) is 32.8 Å². The van der Waals surface area contributed by atoms with Gasteiger partial charge >= 0.3 is 5.97 Å². The van der Waals surface area contributed by atoms with E-state index in [-0.39, 0.29) is 24.8 Å². The number of allylic oxidation sites excluding steroid dienone is 1. The second kappa shape index (κ2) is 8.89. The van der Waals surface area contributed by atoms with Crippen molar-refractivity contribution in [3.05, 3.63) is 77.1 Å². The predicted molar refractivity (Wildman–Crippen MR) is 90.3 cm³/mol. The number of halogens is 1. The van der Waals surface area contributed by atoms with Crippen molar-refractivity contribution in [2.24, 2.45) is 0 Å². The second-order valence-electron chi connectivity index (χ2n) is 5.41. The van der Waals surface area contributed by atoms with Gasteiger partial charge in [0.2, 0.25) is 0 Å². The number of esters is 1. The van der Waals surface area contributed by atoms with Crippen molar-refractivity contribution in [3.63, 3.8) is 0 Å². The Hall–Kier alpha value is -2.42. The van der Waals surface area contributed by atoms with E-state index >= 15 is 0 Å². The van der Waals surface area contributed by atoms with Crippen LogP contribution in [0.5, 0.6) is 0 Å². The van der Waals surface area contributed by atoms with Crippen LogP contribution < -0.4 is 0 Å². The molecule has 0 saturated carbocycles. The lowest BCUT2D eigenvalue weighted by molar-refractivity contribution is -0.144. The van der Waals surface area contributed by atoms with Gasteiger partial charge < -0.3 is 4.74 Å². The Morgan fingerprint density at radius 1 is 1.13 bits per heavy atom. The minimum atomic E-state index is -0.358. The Balaban J connectivity index is 1.94. The summed E-state index contributed by atoms with van der Waals surface area (Å²) in [6, 6.07) is 14.1. The zero-order chi connectivity index (χ0) is 16.5. The van der Waals surface area contributed by atoms with Gasteiger partial charge in [-0.15, -0.1) is 0 Å². The van der Waals surface area contributed by atoms with Crippen LogP contribution in [0.1, 0.15) is 36.5 Å². The zero-order valence-corrected chi connectivity index (χ0v) is 13.3. The normalized spacial score (nSPS) is 10.9. The van der Waals surface area contributed by atoms with E-state index in [4.69, 9.17) is 4.74 Å². The molecule has 0 aliphatic heterocycles. The van der Waals surface area contributed by atoms with Gasteiger partial charge in [-0.05, 0) is 35.2 Å². The molecule has 0 aliphatic rings. The molecule has 0 bridgehead atoms.